The van der Waals surface area contributed by atoms with Crippen LogP contribution in [0.1, 0.15) is 99.8 Å². The molecule has 5 aliphatic carbocycles. The van der Waals surface area contributed by atoms with Crippen LogP contribution in [0.2, 0.25) is 0 Å². The molecule has 5 rings (SSSR count). The highest BCUT2D eigenvalue weighted by atomic mass is 16.3. The number of ketones is 1. The Hall–Kier alpha value is -0.710. The number of hydrogen-bond acceptors (Lipinski definition) is 4. The van der Waals surface area contributed by atoms with E-state index in [2.05, 4.69) is 54.5 Å². The Bertz CT molecular complexity index is 923. The fraction of sp³-hybridized carbons (Fsp3) is 0.900. The van der Waals surface area contributed by atoms with Crippen molar-refractivity contribution in [2.24, 2.45) is 50.2 Å². The Morgan fingerprint density at radius 1 is 0.912 bits per heavy atom. The minimum atomic E-state index is -0.965. The van der Waals surface area contributed by atoms with E-state index in [0.29, 0.717) is 12.3 Å². The number of rotatable bonds is 1. The number of carbonyl (C=O) groups excluding carboxylic acids is 1. The molecule has 0 radical (unpaired) electrons. The number of aliphatic hydroxyl groups excluding tert-OH is 3. The van der Waals surface area contributed by atoms with Crippen molar-refractivity contribution in [2.45, 2.75) is 112 Å². The molecular weight excluding hydrogens is 424 g/mol. The summed E-state index contributed by atoms with van der Waals surface area (Å²) in [5, 5.41) is 33.2. The van der Waals surface area contributed by atoms with Crippen molar-refractivity contribution in [3.63, 3.8) is 0 Å². The van der Waals surface area contributed by atoms with Crippen LogP contribution in [0.25, 0.3) is 0 Å². The van der Waals surface area contributed by atoms with E-state index in [0.717, 1.165) is 44.9 Å². The molecule has 0 heterocycles. The Labute approximate surface area is 206 Å². The van der Waals surface area contributed by atoms with Crippen LogP contribution in [-0.2, 0) is 4.79 Å². The van der Waals surface area contributed by atoms with Gasteiger partial charge < -0.3 is 15.3 Å². The van der Waals surface area contributed by atoms with E-state index < -0.39 is 28.5 Å². The third kappa shape index (κ3) is 2.74. The number of hydrogen-bond donors (Lipinski definition) is 3. The van der Waals surface area contributed by atoms with Gasteiger partial charge in [0, 0.05) is 16.2 Å². The first-order valence-electron chi connectivity index (χ1n) is 13.8. The van der Waals surface area contributed by atoms with Crippen molar-refractivity contribution < 1.29 is 20.1 Å². The van der Waals surface area contributed by atoms with Gasteiger partial charge in [0.05, 0.1) is 12.7 Å². The summed E-state index contributed by atoms with van der Waals surface area (Å²) in [5.74, 6) is 0.826. The van der Waals surface area contributed by atoms with Crippen LogP contribution in [0.15, 0.2) is 11.6 Å². The molecule has 4 heteroatoms. The third-order valence-electron chi connectivity index (χ3n) is 13.1. The molecule has 0 saturated heterocycles. The Morgan fingerprint density at radius 2 is 1.59 bits per heavy atom. The van der Waals surface area contributed by atoms with Crippen LogP contribution < -0.4 is 0 Å². The molecule has 0 aromatic heterocycles. The minimum Gasteiger partial charge on any atom is -0.396 e. The Morgan fingerprint density at radius 3 is 2.24 bits per heavy atom. The predicted octanol–water partition coefficient (Wildman–Crippen LogP) is 5.29. The average molecular weight is 473 g/mol. The van der Waals surface area contributed by atoms with E-state index in [1.165, 1.54) is 5.57 Å². The summed E-state index contributed by atoms with van der Waals surface area (Å²) in [6.07, 6.45) is 8.38. The van der Waals surface area contributed by atoms with Gasteiger partial charge in [-0.15, -0.1) is 0 Å². The lowest BCUT2D eigenvalue weighted by Gasteiger charge is -2.71. The van der Waals surface area contributed by atoms with Crippen molar-refractivity contribution in [2.75, 3.05) is 6.61 Å². The predicted molar refractivity (Wildman–Crippen MR) is 134 cm³/mol. The summed E-state index contributed by atoms with van der Waals surface area (Å²) in [6.45, 7) is 15.8. The highest BCUT2D eigenvalue weighted by Gasteiger charge is 2.72. The standard InChI is InChI=1S/C30H48O4/c1-25(2)14-15-26(3)19(16-25)18-8-9-21-27(4)12-11-22(32)28(5,17-31)20(27)10-13-29(21,6)30(18,7)24(34)23(26)33/h8,19-22,24,31-32,34H,9-17H2,1-7H3/t19-,20+,21-,22+,24+,26+,27-,28+,29-,30+/m1/s1. The maximum Gasteiger partial charge on any atom is 0.168 e. The zero-order valence-corrected chi connectivity index (χ0v) is 22.6. The van der Waals surface area contributed by atoms with E-state index in [1.807, 2.05) is 0 Å². The van der Waals surface area contributed by atoms with Gasteiger partial charge in [0.2, 0.25) is 0 Å². The first kappa shape index (κ1) is 25.0. The molecule has 0 spiro atoms. The zero-order chi connectivity index (χ0) is 25.1. The SMILES string of the molecule is CC1(C)CC[C@]2(C)C(=O)[C@H](O)[C@]3(C)C(=CC[C@@H]4[C@]5(C)CC[C@H](O)[C@@](C)(CO)[C@H]5CC[C@]43C)[C@H]2C1. The van der Waals surface area contributed by atoms with E-state index in [1.54, 1.807) is 0 Å². The Kier molecular flexibility index (Phi) is 5.28. The van der Waals surface area contributed by atoms with Crippen LogP contribution in [0.5, 0.6) is 0 Å². The van der Waals surface area contributed by atoms with Gasteiger partial charge in [-0.05, 0) is 85.4 Å². The molecule has 5 aliphatic rings. The summed E-state index contributed by atoms with van der Waals surface area (Å²) in [7, 11) is 0. The van der Waals surface area contributed by atoms with Crippen LogP contribution in [-0.4, -0.2) is 39.9 Å². The van der Waals surface area contributed by atoms with E-state index >= 15 is 0 Å². The van der Waals surface area contributed by atoms with Crippen molar-refractivity contribution >= 4 is 5.78 Å². The fourth-order valence-electron chi connectivity index (χ4n) is 10.5. The quantitative estimate of drug-likeness (QED) is 0.453. The van der Waals surface area contributed by atoms with Crippen LogP contribution in [0.3, 0.4) is 0 Å². The fourth-order valence-corrected chi connectivity index (χ4v) is 10.5. The Balaban J connectivity index is 1.64. The van der Waals surface area contributed by atoms with Gasteiger partial charge in [-0.3, -0.25) is 4.79 Å². The molecule has 34 heavy (non-hydrogen) atoms. The van der Waals surface area contributed by atoms with Crippen molar-refractivity contribution in [1.29, 1.82) is 0 Å². The lowest BCUT2D eigenvalue weighted by molar-refractivity contribution is -0.228. The first-order valence-corrected chi connectivity index (χ1v) is 13.8. The molecule has 0 amide bonds. The normalized spacial score (nSPS) is 56.5. The summed E-state index contributed by atoms with van der Waals surface area (Å²) in [5.41, 5.74) is -0.191. The smallest absolute Gasteiger partial charge is 0.168 e. The summed E-state index contributed by atoms with van der Waals surface area (Å²) in [4.78, 5) is 14.0. The van der Waals surface area contributed by atoms with Crippen molar-refractivity contribution in [3.8, 4) is 0 Å². The second-order valence-corrected chi connectivity index (χ2v) is 15.0. The first-order chi connectivity index (χ1) is 15.6. The molecule has 0 aromatic carbocycles. The van der Waals surface area contributed by atoms with Gasteiger partial charge in [-0.1, -0.05) is 60.1 Å². The molecule has 4 nitrogen and oxygen atoms in total. The molecule has 4 saturated carbocycles. The summed E-state index contributed by atoms with van der Waals surface area (Å²) >= 11 is 0. The molecule has 0 bridgehead atoms. The molecule has 192 valence electrons. The van der Waals surface area contributed by atoms with Gasteiger partial charge in [0.1, 0.15) is 6.10 Å². The van der Waals surface area contributed by atoms with Crippen LogP contribution >= 0.6 is 0 Å². The number of allylic oxidation sites excluding steroid dienone is 1. The van der Waals surface area contributed by atoms with Gasteiger partial charge in [0.25, 0.3) is 0 Å². The van der Waals surface area contributed by atoms with Gasteiger partial charge in [-0.25, -0.2) is 0 Å². The summed E-state index contributed by atoms with van der Waals surface area (Å²) in [6, 6.07) is 0. The lowest BCUT2D eigenvalue weighted by atomic mass is 9.33. The largest absolute Gasteiger partial charge is 0.396 e. The molecular formula is C30H48O4. The minimum absolute atomic E-state index is 0.00678. The highest BCUT2D eigenvalue weighted by Crippen LogP contribution is 2.75. The number of aliphatic hydroxyl groups is 3. The maximum atomic E-state index is 14.0. The zero-order valence-electron chi connectivity index (χ0n) is 22.6. The molecule has 4 fully saturated rings. The average Bonchev–Trinajstić information content (AvgIpc) is 2.77. The lowest BCUT2D eigenvalue weighted by Crippen LogP contribution is -2.70. The van der Waals surface area contributed by atoms with Gasteiger partial charge in [-0.2, -0.15) is 0 Å². The topological polar surface area (TPSA) is 77.8 Å². The number of carbonyl (C=O) groups is 1. The van der Waals surface area contributed by atoms with E-state index in [9.17, 15) is 20.1 Å². The van der Waals surface area contributed by atoms with Crippen LogP contribution in [0.4, 0.5) is 0 Å². The molecule has 0 aromatic rings. The van der Waals surface area contributed by atoms with Crippen molar-refractivity contribution in [1.82, 2.24) is 0 Å². The number of Topliss-reactive ketones (excluding diaryl/α,β-unsaturated/α-hetero) is 1. The van der Waals surface area contributed by atoms with Gasteiger partial charge >= 0.3 is 0 Å². The monoisotopic (exact) mass is 472 g/mol. The molecule has 0 aliphatic heterocycles. The van der Waals surface area contributed by atoms with Gasteiger partial charge in [0.15, 0.2) is 5.78 Å². The summed E-state index contributed by atoms with van der Waals surface area (Å²) < 4.78 is 0. The number of fused-ring (bicyclic) bond motifs is 7. The maximum absolute atomic E-state index is 14.0. The second-order valence-electron chi connectivity index (χ2n) is 15.0. The molecule has 0 unspecified atom stereocenters. The van der Waals surface area contributed by atoms with E-state index in [-0.39, 0.29) is 40.5 Å². The second kappa shape index (κ2) is 7.19. The van der Waals surface area contributed by atoms with E-state index in [4.69, 9.17) is 0 Å². The highest BCUT2D eigenvalue weighted by molar-refractivity contribution is 5.92. The van der Waals surface area contributed by atoms with Crippen LogP contribution in [0, 0.1) is 50.2 Å². The molecule has 3 N–H and O–H groups in total. The van der Waals surface area contributed by atoms with Crippen molar-refractivity contribution in [3.05, 3.63) is 11.6 Å². The third-order valence-corrected chi connectivity index (χ3v) is 13.1. The molecule has 10 atom stereocenters.